The van der Waals surface area contributed by atoms with Gasteiger partial charge in [-0.2, -0.15) is 0 Å². The minimum Gasteiger partial charge on any atom is -0.350 e. The summed E-state index contributed by atoms with van der Waals surface area (Å²) >= 11 is 0. The molecular weight excluding hydrogens is 242 g/mol. The predicted molar refractivity (Wildman–Crippen MR) is 75.0 cm³/mol. The molecule has 0 saturated carbocycles. The Morgan fingerprint density at radius 2 is 2.26 bits per heavy atom. The van der Waals surface area contributed by atoms with Crippen LogP contribution in [0.5, 0.6) is 0 Å². The van der Waals surface area contributed by atoms with Gasteiger partial charge in [-0.1, -0.05) is 6.08 Å². The fourth-order valence-corrected chi connectivity index (χ4v) is 2.61. The van der Waals surface area contributed by atoms with Gasteiger partial charge in [0.15, 0.2) is 0 Å². The highest BCUT2D eigenvalue weighted by atomic mass is 16.6. The van der Waals surface area contributed by atoms with Crippen molar-refractivity contribution in [1.29, 1.82) is 0 Å². The number of nitrogens with zero attached hydrogens (tertiary/aromatic N) is 2. The Hall–Kier alpha value is -2.14. The topological polar surface area (TPSA) is 60.1 Å². The average molecular weight is 257 g/mol. The maximum atomic E-state index is 10.8. The lowest BCUT2D eigenvalue weighted by Gasteiger charge is -2.13. The van der Waals surface area contributed by atoms with Crippen LogP contribution in [0.25, 0.3) is 16.5 Å². The van der Waals surface area contributed by atoms with E-state index in [1.54, 1.807) is 12.1 Å². The highest BCUT2D eigenvalue weighted by molar-refractivity contribution is 5.94. The largest absolute Gasteiger partial charge is 0.350 e. The van der Waals surface area contributed by atoms with Crippen LogP contribution in [-0.4, -0.2) is 22.6 Å². The summed E-state index contributed by atoms with van der Waals surface area (Å²) < 4.78 is 1.96. The average Bonchev–Trinajstić information content (AvgIpc) is 2.77. The Balaban J connectivity index is 2.17. The van der Waals surface area contributed by atoms with Gasteiger partial charge in [0.05, 0.1) is 10.4 Å². The van der Waals surface area contributed by atoms with E-state index in [0.717, 1.165) is 30.4 Å². The minimum atomic E-state index is -0.351. The quantitative estimate of drug-likeness (QED) is 0.664. The van der Waals surface area contributed by atoms with E-state index in [1.807, 2.05) is 17.7 Å². The van der Waals surface area contributed by atoms with Crippen LogP contribution in [0.1, 0.15) is 12.0 Å². The highest BCUT2D eigenvalue weighted by Gasteiger charge is 2.15. The third kappa shape index (κ3) is 2.02. The molecule has 1 aliphatic heterocycles. The smallest absolute Gasteiger partial charge is 0.271 e. The standard InChI is InChI=1S/C14H15N3O2/c1-16-9-13(10-4-6-15-7-5-10)12-3-2-11(17(18)19)8-14(12)16/h2-4,8-9,15H,5-7H2,1H3. The number of nitrogens with one attached hydrogen (secondary N) is 1. The van der Waals surface area contributed by atoms with E-state index in [4.69, 9.17) is 0 Å². The first kappa shape index (κ1) is 11.9. The molecule has 0 amide bonds. The molecule has 0 spiro atoms. The second-order valence-electron chi connectivity index (χ2n) is 4.80. The van der Waals surface area contributed by atoms with Crippen LogP contribution < -0.4 is 5.32 Å². The van der Waals surface area contributed by atoms with Crippen LogP contribution in [0, 0.1) is 10.1 Å². The molecule has 0 saturated heterocycles. The van der Waals surface area contributed by atoms with Crippen molar-refractivity contribution >= 4 is 22.2 Å². The van der Waals surface area contributed by atoms with Crippen molar-refractivity contribution in [2.24, 2.45) is 7.05 Å². The van der Waals surface area contributed by atoms with Crippen LogP contribution in [0.2, 0.25) is 0 Å². The summed E-state index contributed by atoms with van der Waals surface area (Å²) in [5.74, 6) is 0. The lowest BCUT2D eigenvalue weighted by molar-refractivity contribution is -0.384. The van der Waals surface area contributed by atoms with Crippen molar-refractivity contribution in [3.05, 3.63) is 46.1 Å². The van der Waals surface area contributed by atoms with Crippen molar-refractivity contribution in [1.82, 2.24) is 9.88 Å². The zero-order valence-electron chi connectivity index (χ0n) is 10.7. The highest BCUT2D eigenvalue weighted by Crippen LogP contribution is 2.31. The molecule has 1 aromatic heterocycles. The Kier molecular flexibility index (Phi) is 2.83. The van der Waals surface area contributed by atoms with Crippen LogP contribution in [0.3, 0.4) is 0 Å². The van der Waals surface area contributed by atoms with E-state index in [2.05, 4.69) is 17.6 Å². The summed E-state index contributed by atoms with van der Waals surface area (Å²) in [5, 5.41) is 15.2. The number of nitro benzene ring substituents is 1. The molecule has 5 nitrogen and oxygen atoms in total. The predicted octanol–water partition coefficient (Wildman–Crippen LogP) is 2.46. The molecule has 0 radical (unpaired) electrons. The Labute approximate surface area is 110 Å². The monoisotopic (exact) mass is 257 g/mol. The van der Waals surface area contributed by atoms with Crippen molar-refractivity contribution in [2.45, 2.75) is 6.42 Å². The number of rotatable bonds is 2. The molecule has 98 valence electrons. The molecule has 0 unspecified atom stereocenters. The summed E-state index contributed by atoms with van der Waals surface area (Å²) in [6, 6.07) is 5.07. The lowest BCUT2D eigenvalue weighted by atomic mass is 10.00. The van der Waals surface area contributed by atoms with Gasteiger partial charge < -0.3 is 9.88 Å². The normalized spacial score (nSPS) is 15.5. The first-order chi connectivity index (χ1) is 9.16. The lowest BCUT2D eigenvalue weighted by Crippen LogP contribution is -2.19. The zero-order valence-corrected chi connectivity index (χ0v) is 10.7. The molecule has 3 rings (SSSR count). The summed E-state index contributed by atoms with van der Waals surface area (Å²) in [6.45, 7) is 1.87. The van der Waals surface area contributed by atoms with E-state index in [9.17, 15) is 10.1 Å². The van der Waals surface area contributed by atoms with Crippen molar-refractivity contribution < 1.29 is 4.92 Å². The van der Waals surface area contributed by atoms with Gasteiger partial charge in [-0.25, -0.2) is 0 Å². The van der Waals surface area contributed by atoms with E-state index in [-0.39, 0.29) is 10.6 Å². The summed E-state index contributed by atoms with van der Waals surface area (Å²) in [7, 11) is 1.93. The molecule has 1 aliphatic rings. The van der Waals surface area contributed by atoms with Gasteiger partial charge in [-0.3, -0.25) is 10.1 Å². The van der Waals surface area contributed by atoms with Crippen molar-refractivity contribution in [3.63, 3.8) is 0 Å². The number of nitro groups is 1. The molecular formula is C14H15N3O2. The number of benzene rings is 1. The summed E-state index contributed by atoms with van der Waals surface area (Å²) in [6.07, 6.45) is 5.25. The fraction of sp³-hybridized carbons (Fsp3) is 0.286. The third-order valence-electron chi connectivity index (χ3n) is 3.59. The van der Waals surface area contributed by atoms with Gasteiger partial charge in [0.25, 0.3) is 5.69 Å². The number of hydrogen-bond donors (Lipinski definition) is 1. The summed E-state index contributed by atoms with van der Waals surface area (Å²) in [5.41, 5.74) is 3.55. The molecule has 1 N–H and O–H groups in total. The Bertz CT molecular complexity index is 685. The second kappa shape index (κ2) is 4.51. The third-order valence-corrected chi connectivity index (χ3v) is 3.59. The molecule has 0 atom stereocenters. The maximum absolute atomic E-state index is 10.8. The van der Waals surface area contributed by atoms with Gasteiger partial charge in [0, 0.05) is 42.9 Å². The van der Waals surface area contributed by atoms with Crippen molar-refractivity contribution in [3.8, 4) is 0 Å². The van der Waals surface area contributed by atoms with Gasteiger partial charge in [-0.05, 0) is 24.6 Å². The van der Waals surface area contributed by atoms with Crippen molar-refractivity contribution in [2.75, 3.05) is 13.1 Å². The molecule has 0 aliphatic carbocycles. The van der Waals surface area contributed by atoms with Gasteiger partial charge in [0.2, 0.25) is 0 Å². The summed E-state index contributed by atoms with van der Waals surface area (Å²) in [4.78, 5) is 10.5. The molecule has 2 aromatic rings. The van der Waals surface area contributed by atoms with Gasteiger partial charge in [0.1, 0.15) is 0 Å². The minimum absolute atomic E-state index is 0.138. The number of fused-ring (bicyclic) bond motifs is 1. The molecule has 2 heterocycles. The van der Waals surface area contributed by atoms with Crippen LogP contribution in [0.4, 0.5) is 5.69 Å². The fourth-order valence-electron chi connectivity index (χ4n) is 2.61. The van der Waals surface area contributed by atoms with Gasteiger partial charge >= 0.3 is 0 Å². The number of aryl methyl sites for hydroxylation is 1. The van der Waals surface area contributed by atoms with E-state index >= 15 is 0 Å². The van der Waals surface area contributed by atoms with E-state index < -0.39 is 0 Å². The van der Waals surface area contributed by atoms with Crippen LogP contribution in [0.15, 0.2) is 30.5 Å². The first-order valence-electron chi connectivity index (χ1n) is 6.30. The van der Waals surface area contributed by atoms with E-state index in [1.165, 1.54) is 11.1 Å². The number of hydrogen-bond acceptors (Lipinski definition) is 3. The molecule has 1 aromatic carbocycles. The number of aromatic nitrogens is 1. The molecule has 19 heavy (non-hydrogen) atoms. The van der Waals surface area contributed by atoms with Gasteiger partial charge in [-0.15, -0.1) is 0 Å². The molecule has 0 fully saturated rings. The Morgan fingerprint density at radius 3 is 2.95 bits per heavy atom. The van der Waals surface area contributed by atoms with Crippen LogP contribution in [-0.2, 0) is 7.05 Å². The number of non-ortho nitro benzene ring substituents is 1. The van der Waals surface area contributed by atoms with Crippen LogP contribution >= 0.6 is 0 Å². The zero-order chi connectivity index (χ0) is 13.4. The first-order valence-corrected chi connectivity index (χ1v) is 6.30. The SMILES string of the molecule is Cn1cc(C2=CCNCC2)c2ccc([N+](=O)[O-])cc21. The second-order valence-corrected chi connectivity index (χ2v) is 4.80. The maximum Gasteiger partial charge on any atom is 0.271 e. The molecule has 5 heteroatoms. The Morgan fingerprint density at radius 1 is 1.42 bits per heavy atom. The molecule has 0 bridgehead atoms. The van der Waals surface area contributed by atoms with E-state index in [0.29, 0.717) is 0 Å².